The number of rotatable bonds is 3. The second kappa shape index (κ2) is 6.62. The predicted molar refractivity (Wildman–Crippen MR) is 110 cm³/mol. The molecule has 2 aromatic heterocycles. The van der Waals surface area contributed by atoms with Crippen LogP contribution < -0.4 is 10.2 Å². The SMILES string of the molecule is Cc1nc2n(n1)[C@@H](c1ccc(N(C)C)cc1)C1=C(C[C@@H](c3ccco3)CC1=O)N2. The van der Waals surface area contributed by atoms with Crippen LogP contribution in [0.3, 0.4) is 0 Å². The number of ketones is 1. The van der Waals surface area contributed by atoms with Gasteiger partial charge in [-0.1, -0.05) is 12.1 Å². The van der Waals surface area contributed by atoms with E-state index in [0.717, 1.165) is 28.3 Å². The van der Waals surface area contributed by atoms with Gasteiger partial charge in [0.1, 0.15) is 17.6 Å². The zero-order chi connectivity index (χ0) is 20.1. The van der Waals surface area contributed by atoms with Gasteiger partial charge in [0.2, 0.25) is 5.95 Å². The van der Waals surface area contributed by atoms with Crippen molar-refractivity contribution in [3.8, 4) is 0 Å². The number of carbonyl (C=O) groups is 1. The highest BCUT2D eigenvalue weighted by molar-refractivity contribution is 6.00. The molecular formula is C22H23N5O2. The van der Waals surface area contributed by atoms with E-state index in [9.17, 15) is 4.79 Å². The standard InChI is InChI=1S/C22H23N5O2/c1-13-23-22-24-17-11-15(19-5-4-10-29-19)12-18(28)20(17)21(27(22)25-13)14-6-8-16(9-7-14)26(2)3/h4-10,15,21H,11-12H2,1-3H3,(H,23,24,25)/t15-,21+/m1/s1. The van der Waals surface area contributed by atoms with E-state index in [0.29, 0.717) is 24.6 Å². The molecule has 0 bridgehead atoms. The number of hydrogen-bond acceptors (Lipinski definition) is 6. The average molecular weight is 389 g/mol. The van der Waals surface area contributed by atoms with Crippen LogP contribution in [0.4, 0.5) is 11.6 Å². The molecule has 7 heteroatoms. The molecule has 0 amide bonds. The lowest BCUT2D eigenvalue weighted by atomic mass is 9.79. The molecule has 0 saturated heterocycles. The van der Waals surface area contributed by atoms with Gasteiger partial charge in [0.25, 0.3) is 0 Å². The number of nitrogens with zero attached hydrogens (tertiary/aromatic N) is 4. The third-order valence-corrected chi connectivity index (χ3v) is 5.70. The number of aromatic nitrogens is 3. The maximum Gasteiger partial charge on any atom is 0.226 e. The van der Waals surface area contributed by atoms with Crippen molar-refractivity contribution in [2.75, 3.05) is 24.3 Å². The highest BCUT2D eigenvalue weighted by atomic mass is 16.3. The number of Topliss-reactive ketones (excluding diaryl/α,β-unsaturated/α-hetero) is 1. The minimum atomic E-state index is -0.274. The summed E-state index contributed by atoms with van der Waals surface area (Å²) in [5, 5.41) is 7.96. The minimum Gasteiger partial charge on any atom is -0.469 e. The molecule has 2 atom stereocenters. The first-order chi connectivity index (χ1) is 14.0. The Morgan fingerprint density at radius 3 is 2.66 bits per heavy atom. The maximum absolute atomic E-state index is 13.3. The van der Waals surface area contributed by atoms with E-state index in [4.69, 9.17) is 4.42 Å². The second-order valence-corrected chi connectivity index (χ2v) is 7.88. The van der Waals surface area contributed by atoms with E-state index in [1.807, 2.05) is 37.8 Å². The van der Waals surface area contributed by atoms with Gasteiger partial charge in [0, 0.05) is 43.4 Å². The Balaban J connectivity index is 1.60. The Labute approximate surface area is 169 Å². The molecule has 29 heavy (non-hydrogen) atoms. The van der Waals surface area contributed by atoms with Crippen molar-refractivity contribution in [3.63, 3.8) is 0 Å². The van der Waals surface area contributed by atoms with Gasteiger partial charge in [0.05, 0.1) is 6.26 Å². The van der Waals surface area contributed by atoms with Crippen LogP contribution in [0.25, 0.3) is 0 Å². The molecule has 7 nitrogen and oxygen atoms in total. The molecule has 1 aliphatic carbocycles. The quantitative estimate of drug-likeness (QED) is 0.737. The molecule has 1 aromatic carbocycles. The van der Waals surface area contributed by atoms with Crippen molar-refractivity contribution in [1.29, 1.82) is 0 Å². The summed E-state index contributed by atoms with van der Waals surface area (Å²) in [6.45, 7) is 1.87. The number of carbonyl (C=O) groups excluding carboxylic acids is 1. The zero-order valence-corrected chi connectivity index (χ0v) is 16.7. The fraction of sp³-hybridized carbons (Fsp3) is 0.318. The van der Waals surface area contributed by atoms with Gasteiger partial charge in [-0.25, -0.2) is 4.68 Å². The van der Waals surface area contributed by atoms with Gasteiger partial charge in [-0.05, 0) is 43.2 Å². The number of nitrogens with one attached hydrogen (secondary N) is 1. The van der Waals surface area contributed by atoms with Gasteiger partial charge in [0.15, 0.2) is 5.78 Å². The van der Waals surface area contributed by atoms with E-state index in [2.05, 4.69) is 44.6 Å². The van der Waals surface area contributed by atoms with E-state index in [1.54, 1.807) is 6.26 Å². The molecular weight excluding hydrogens is 366 g/mol. The van der Waals surface area contributed by atoms with Gasteiger partial charge < -0.3 is 14.6 Å². The van der Waals surface area contributed by atoms with Gasteiger partial charge in [-0.3, -0.25) is 4.79 Å². The molecule has 3 aromatic rings. The van der Waals surface area contributed by atoms with Crippen LogP contribution in [0, 0.1) is 6.92 Å². The fourth-order valence-electron chi connectivity index (χ4n) is 4.31. The number of anilines is 2. The van der Waals surface area contributed by atoms with Crippen molar-refractivity contribution in [2.24, 2.45) is 0 Å². The molecule has 2 aliphatic rings. The van der Waals surface area contributed by atoms with Crippen LogP contribution in [0.5, 0.6) is 0 Å². The molecule has 0 saturated carbocycles. The van der Waals surface area contributed by atoms with Crippen LogP contribution in [-0.4, -0.2) is 34.6 Å². The summed E-state index contributed by atoms with van der Waals surface area (Å²) in [7, 11) is 4.02. The fourth-order valence-corrected chi connectivity index (χ4v) is 4.31. The zero-order valence-electron chi connectivity index (χ0n) is 16.7. The van der Waals surface area contributed by atoms with Crippen molar-refractivity contribution in [3.05, 3.63) is 71.1 Å². The summed E-state index contributed by atoms with van der Waals surface area (Å²) in [5.41, 5.74) is 3.84. The molecule has 0 radical (unpaired) electrons. The monoisotopic (exact) mass is 389 g/mol. The lowest BCUT2D eigenvalue weighted by Gasteiger charge is -2.34. The number of hydrogen-bond donors (Lipinski definition) is 1. The maximum atomic E-state index is 13.3. The summed E-state index contributed by atoms with van der Waals surface area (Å²) in [5.74, 6) is 2.37. The first-order valence-corrected chi connectivity index (χ1v) is 9.78. The Hall–Kier alpha value is -3.35. The predicted octanol–water partition coefficient (Wildman–Crippen LogP) is 3.66. The number of furan rings is 1. The third-order valence-electron chi connectivity index (χ3n) is 5.70. The molecule has 0 unspecified atom stereocenters. The van der Waals surface area contributed by atoms with E-state index < -0.39 is 0 Å². The van der Waals surface area contributed by atoms with Crippen molar-refractivity contribution >= 4 is 17.4 Å². The van der Waals surface area contributed by atoms with Crippen LogP contribution in [0.2, 0.25) is 0 Å². The Morgan fingerprint density at radius 1 is 1.17 bits per heavy atom. The normalized spacial score (nSPS) is 20.9. The molecule has 3 heterocycles. The van der Waals surface area contributed by atoms with E-state index >= 15 is 0 Å². The molecule has 1 aliphatic heterocycles. The Morgan fingerprint density at radius 2 is 1.97 bits per heavy atom. The summed E-state index contributed by atoms with van der Waals surface area (Å²) in [4.78, 5) is 19.9. The largest absolute Gasteiger partial charge is 0.469 e. The molecule has 0 spiro atoms. The Bertz CT molecular complexity index is 1090. The topological polar surface area (TPSA) is 76.2 Å². The third kappa shape index (κ3) is 2.93. The summed E-state index contributed by atoms with van der Waals surface area (Å²) < 4.78 is 7.42. The summed E-state index contributed by atoms with van der Waals surface area (Å²) >= 11 is 0. The smallest absolute Gasteiger partial charge is 0.226 e. The number of fused-ring (bicyclic) bond motifs is 1. The van der Waals surface area contributed by atoms with Crippen molar-refractivity contribution in [1.82, 2.24) is 14.8 Å². The number of benzene rings is 1. The van der Waals surface area contributed by atoms with Gasteiger partial charge in [-0.2, -0.15) is 10.1 Å². The molecule has 1 N–H and O–H groups in total. The minimum absolute atomic E-state index is 0.0380. The first-order valence-electron chi connectivity index (χ1n) is 9.78. The Kier molecular flexibility index (Phi) is 4.04. The van der Waals surface area contributed by atoms with Gasteiger partial charge >= 0.3 is 0 Å². The van der Waals surface area contributed by atoms with Crippen molar-refractivity contribution < 1.29 is 9.21 Å². The number of allylic oxidation sites excluding steroid dienone is 2. The molecule has 5 rings (SSSR count). The van der Waals surface area contributed by atoms with Crippen LogP contribution in [0.15, 0.2) is 58.3 Å². The molecule has 0 fully saturated rings. The lowest BCUT2D eigenvalue weighted by Crippen LogP contribution is -2.33. The van der Waals surface area contributed by atoms with E-state index in [1.165, 1.54) is 0 Å². The lowest BCUT2D eigenvalue weighted by molar-refractivity contribution is -0.117. The van der Waals surface area contributed by atoms with Crippen LogP contribution in [-0.2, 0) is 4.79 Å². The van der Waals surface area contributed by atoms with Crippen molar-refractivity contribution in [2.45, 2.75) is 31.7 Å². The first kappa shape index (κ1) is 17.7. The van der Waals surface area contributed by atoms with Crippen LogP contribution >= 0.6 is 0 Å². The highest BCUT2D eigenvalue weighted by Gasteiger charge is 2.40. The number of aryl methyl sites for hydroxylation is 1. The summed E-state index contributed by atoms with van der Waals surface area (Å²) in [6.07, 6.45) is 2.81. The van der Waals surface area contributed by atoms with Gasteiger partial charge in [-0.15, -0.1) is 0 Å². The summed E-state index contributed by atoms with van der Waals surface area (Å²) in [6, 6.07) is 11.8. The highest BCUT2D eigenvalue weighted by Crippen LogP contribution is 2.44. The second-order valence-electron chi connectivity index (χ2n) is 7.88. The average Bonchev–Trinajstić information content (AvgIpc) is 3.35. The van der Waals surface area contributed by atoms with E-state index in [-0.39, 0.29) is 17.7 Å². The molecule has 148 valence electrons. The van der Waals surface area contributed by atoms with Crippen LogP contribution in [0.1, 0.15) is 41.9 Å².